The summed E-state index contributed by atoms with van der Waals surface area (Å²) in [7, 11) is 0. The van der Waals surface area contributed by atoms with Crippen molar-refractivity contribution in [2.75, 3.05) is 19.6 Å². The minimum absolute atomic E-state index is 0.0280. The number of imidazole rings is 2. The fourth-order valence-electron chi connectivity index (χ4n) is 5.21. The molecule has 1 saturated heterocycles. The molecule has 5 aromatic rings. The van der Waals surface area contributed by atoms with Gasteiger partial charge in [-0.2, -0.15) is 5.10 Å². The summed E-state index contributed by atoms with van der Waals surface area (Å²) in [6.45, 7) is 4.24. The molecule has 39 heavy (non-hydrogen) atoms. The van der Waals surface area contributed by atoms with Gasteiger partial charge in [0.1, 0.15) is 11.5 Å². The lowest BCUT2D eigenvalue weighted by Crippen LogP contribution is -2.38. The molecule has 4 aromatic heterocycles. The number of benzene rings is 1. The molecule has 0 spiro atoms. The zero-order valence-electron chi connectivity index (χ0n) is 21.4. The van der Waals surface area contributed by atoms with Gasteiger partial charge in [-0.1, -0.05) is 0 Å². The van der Waals surface area contributed by atoms with E-state index in [-0.39, 0.29) is 30.2 Å². The van der Waals surface area contributed by atoms with Crippen LogP contribution in [-0.4, -0.2) is 70.7 Å². The molecule has 9 nitrogen and oxygen atoms in total. The van der Waals surface area contributed by atoms with Crippen molar-refractivity contribution in [1.29, 1.82) is 0 Å². The zero-order chi connectivity index (χ0) is 26.9. The first kappa shape index (κ1) is 25.5. The summed E-state index contributed by atoms with van der Waals surface area (Å²) in [4.78, 5) is 28.8. The van der Waals surface area contributed by atoms with Crippen LogP contribution in [0.5, 0.6) is 0 Å². The molecule has 11 heteroatoms. The number of hydrogen-bond acceptors (Lipinski definition) is 8. The standard InChI is InChI=1S/C28H28FN7O2S/c1-18(37)14-34-10-8-22(9-11-34)35-16-31-27(19-2-4-20(29)5-3-19)28(35)23-6-7-26-32-21(15-36(26)33-23)12-24(38)25-13-30-17-39-25/h2-7,13,15-18,22,37H,8-12,14H2,1H3/t18-/m1/s1. The molecule has 1 aliphatic heterocycles. The Balaban J connectivity index is 1.35. The van der Waals surface area contributed by atoms with Gasteiger partial charge in [-0.25, -0.2) is 18.9 Å². The molecule has 1 atom stereocenters. The maximum absolute atomic E-state index is 13.7. The number of thiazole rings is 1. The van der Waals surface area contributed by atoms with Crippen LogP contribution < -0.4 is 0 Å². The largest absolute Gasteiger partial charge is 0.392 e. The van der Waals surface area contributed by atoms with Gasteiger partial charge in [-0.15, -0.1) is 11.3 Å². The maximum atomic E-state index is 13.7. The van der Waals surface area contributed by atoms with Crippen LogP contribution in [0.1, 0.15) is 41.2 Å². The van der Waals surface area contributed by atoms with Gasteiger partial charge < -0.3 is 14.6 Å². The van der Waals surface area contributed by atoms with E-state index in [1.165, 1.54) is 23.5 Å². The summed E-state index contributed by atoms with van der Waals surface area (Å²) >= 11 is 1.32. The summed E-state index contributed by atoms with van der Waals surface area (Å²) in [6.07, 6.45) is 6.85. The number of ketones is 1. The molecule has 0 radical (unpaired) electrons. The molecule has 0 amide bonds. The van der Waals surface area contributed by atoms with Crippen molar-refractivity contribution in [3.8, 4) is 22.6 Å². The monoisotopic (exact) mass is 545 g/mol. The third-order valence-corrected chi connectivity index (χ3v) is 7.86. The highest BCUT2D eigenvalue weighted by atomic mass is 32.1. The molecule has 0 saturated carbocycles. The van der Waals surface area contributed by atoms with Crippen molar-refractivity contribution >= 4 is 22.8 Å². The fourth-order valence-corrected chi connectivity index (χ4v) is 5.77. The summed E-state index contributed by atoms with van der Waals surface area (Å²) in [6, 6.07) is 10.3. The predicted molar refractivity (Wildman–Crippen MR) is 146 cm³/mol. The Morgan fingerprint density at radius 2 is 1.97 bits per heavy atom. The fraction of sp³-hybridized carbons (Fsp3) is 0.321. The molecular weight excluding hydrogens is 517 g/mol. The molecule has 200 valence electrons. The van der Waals surface area contributed by atoms with Crippen LogP contribution in [0.2, 0.25) is 0 Å². The molecule has 5 heterocycles. The van der Waals surface area contributed by atoms with Gasteiger partial charge in [0.15, 0.2) is 11.4 Å². The number of rotatable bonds is 8. The minimum atomic E-state index is -0.358. The van der Waals surface area contributed by atoms with Crippen LogP contribution in [0.4, 0.5) is 4.39 Å². The van der Waals surface area contributed by atoms with Crippen LogP contribution in [0, 0.1) is 5.82 Å². The Bertz CT molecular complexity index is 1590. The van der Waals surface area contributed by atoms with Gasteiger partial charge in [0, 0.05) is 37.4 Å². The number of β-amino-alcohol motifs (C(OH)–C–C–N with tert-alkyl or cyclic N) is 1. The molecular formula is C28H28FN7O2S. The van der Waals surface area contributed by atoms with Crippen molar-refractivity contribution in [2.45, 2.75) is 38.3 Å². The molecule has 0 aliphatic carbocycles. The molecule has 0 unspecified atom stereocenters. The Morgan fingerprint density at radius 3 is 2.69 bits per heavy atom. The quantitative estimate of drug-likeness (QED) is 0.290. The first-order chi connectivity index (χ1) is 18.9. The number of halogens is 1. The van der Waals surface area contributed by atoms with Crippen LogP contribution in [0.25, 0.3) is 28.3 Å². The van der Waals surface area contributed by atoms with Gasteiger partial charge >= 0.3 is 0 Å². The Kier molecular flexibility index (Phi) is 7.03. The first-order valence-corrected chi connectivity index (χ1v) is 13.8. The lowest BCUT2D eigenvalue weighted by atomic mass is 10.0. The van der Waals surface area contributed by atoms with E-state index in [0.29, 0.717) is 28.5 Å². The van der Waals surface area contributed by atoms with Gasteiger partial charge in [-0.3, -0.25) is 9.78 Å². The number of carbonyl (C=O) groups excluding carboxylic acids is 1. The third kappa shape index (κ3) is 5.38. The number of aliphatic hydroxyl groups is 1. The van der Waals surface area contributed by atoms with E-state index in [1.807, 2.05) is 25.4 Å². The van der Waals surface area contributed by atoms with Gasteiger partial charge in [0.2, 0.25) is 0 Å². The number of piperidine rings is 1. The van der Waals surface area contributed by atoms with Crippen LogP contribution in [-0.2, 0) is 6.42 Å². The van der Waals surface area contributed by atoms with Crippen LogP contribution >= 0.6 is 11.3 Å². The highest BCUT2D eigenvalue weighted by Crippen LogP contribution is 2.35. The van der Waals surface area contributed by atoms with Crippen molar-refractivity contribution in [3.05, 3.63) is 77.0 Å². The highest BCUT2D eigenvalue weighted by Gasteiger charge is 2.26. The van der Waals surface area contributed by atoms with E-state index < -0.39 is 0 Å². The number of aromatic nitrogens is 6. The van der Waals surface area contributed by atoms with Gasteiger partial charge in [0.05, 0.1) is 52.5 Å². The summed E-state index contributed by atoms with van der Waals surface area (Å²) in [5, 5.41) is 14.7. The second-order valence-electron chi connectivity index (χ2n) is 9.96. The topological polar surface area (TPSA) is 101 Å². The second kappa shape index (κ2) is 10.8. The van der Waals surface area contributed by atoms with E-state index in [4.69, 9.17) is 10.1 Å². The summed E-state index contributed by atoms with van der Waals surface area (Å²) in [5.74, 6) is -0.330. The number of aliphatic hydroxyl groups excluding tert-OH is 1. The number of nitrogens with zero attached hydrogens (tertiary/aromatic N) is 7. The third-order valence-electron chi connectivity index (χ3n) is 7.05. The number of hydrogen-bond donors (Lipinski definition) is 1. The van der Waals surface area contributed by atoms with E-state index in [0.717, 1.165) is 42.9 Å². The first-order valence-electron chi connectivity index (χ1n) is 12.9. The lowest BCUT2D eigenvalue weighted by Gasteiger charge is -2.33. The van der Waals surface area contributed by atoms with E-state index in [1.54, 1.807) is 34.6 Å². The maximum Gasteiger partial charge on any atom is 0.180 e. The van der Waals surface area contributed by atoms with E-state index >= 15 is 0 Å². The molecule has 1 N–H and O–H groups in total. The highest BCUT2D eigenvalue weighted by molar-refractivity contribution is 7.11. The number of likely N-dealkylation sites (tertiary alicyclic amines) is 1. The molecule has 1 aromatic carbocycles. The average Bonchev–Trinajstić information content (AvgIpc) is 3.68. The Morgan fingerprint density at radius 1 is 1.18 bits per heavy atom. The average molecular weight is 546 g/mol. The Hall–Kier alpha value is -3.80. The number of Topliss-reactive ketones (excluding diaryl/α,β-unsaturated/α-hetero) is 1. The molecule has 1 aliphatic rings. The van der Waals surface area contributed by atoms with E-state index in [2.05, 4.69) is 19.4 Å². The van der Waals surface area contributed by atoms with Crippen molar-refractivity contribution in [2.24, 2.45) is 0 Å². The SMILES string of the molecule is C[C@@H](O)CN1CCC(n2cnc(-c3ccc(F)cc3)c2-c2ccc3nc(CC(=O)c4cncs4)cn3n2)CC1. The number of carbonyl (C=O) groups is 1. The predicted octanol–water partition coefficient (Wildman–Crippen LogP) is 4.30. The number of fused-ring (bicyclic) bond motifs is 1. The molecule has 6 rings (SSSR count). The Labute approximate surface area is 228 Å². The smallest absolute Gasteiger partial charge is 0.180 e. The molecule has 0 bridgehead atoms. The van der Waals surface area contributed by atoms with Gasteiger partial charge in [0.25, 0.3) is 0 Å². The summed E-state index contributed by atoms with van der Waals surface area (Å²) < 4.78 is 17.6. The van der Waals surface area contributed by atoms with Crippen molar-refractivity contribution in [1.82, 2.24) is 34.0 Å². The zero-order valence-corrected chi connectivity index (χ0v) is 22.3. The summed E-state index contributed by atoms with van der Waals surface area (Å²) in [5.41, 5.74) is 6.03. The van der Waals surface area contributed by atoms with Crippen LogP contribution in [0.15, 0.2) is 60.6 Å². The lowest BCUT2D eigenvalue weighted by molar-refractivity contribution is 0.0995. The van der Waals surface area contributed by atoms with Crippen LogP contribution in [0.3, 0.4) is 0 Å². The minimum Gasteiger partial charge on any atom is -0.392 e. The second-order valence-corrected chi connectivity index (χ2v) is 10.8. The van der Waals surface area contributed by atoms with Crippen molar-refractivity contribution < 1.29 is 14.3 Å². The normalized spacial score (nSPS) is 15.7. The van der Waals surface area contributed by atoms with E-state index in [9.17, 15) is 14.3 Å². The van der Waals surface area contributed by atoms with Gasteiger partial charge in [-0.05, 0) is 56.2 Å². The molecule has 1 fully saturated rings. The van der Waals surface area contributed by atoms with Crippen molar-refractivity contribution in [3.63, 3.8) is 0 Å².